The van der Waals surface area contributed by atoms with E-state index in [1.54, 1.807) is 27.7 Å². The van der Waals surface area contributed by atoms with E-state index < -0.39 is 139 Å². The van der Waals surface area contributed by atoms with Gasteiger partial charge in [-0.05, 0) is 89.0 Å². The van der Waals surface area contributed by atoms with Crippen LogP contribution >= 0.6 is 0 Å². The number of rotatable bonds is 36. The Bertz CT molecular complexity index is 2590. The average Bonchev–Trinajstić information content (AvgIpc) is 3.66. The first-order chi connectivity index (χ1) is 40.3. The van der Waals surface area contributed by atoms with E-state index in [0.717, 1.165) is 0 Å². The molecule has 4 rings (SSSR count). The Morgan fingerprint density at radius 2 is 1.09 bits per heavy atom. The molecule has 2 aliphatic heterocycles. The summed E-state index contributed by atoms with van der Waals surface area (Å²) in [5, 5.41) is 57.4. The van der Waals surface area contributed by atoms with Gasteiger partial charge in [0.05, 0.1) is 43.1 Å². The van der Waals surface area contributed by atoms with Gasteiger partial charge in [-0.1, -0.05) is 27.7 Å². The zero-order valence-corrected chi connectivity index (χ0v) is 48.5. The van der Waals surface area contributed by atoms with Crippen LogP contribution in [-0.4, -0.2) is 209 Å². The number of H-pyrrole nitrogens is 2. The molecule has 2 fully saturated rings. The molecule has 2 aliphatic rings. The number of nitrogens with zero attached hydrogens (tertiary/aromatic N) is 4. The molecule has 2 saturated heterocycles. The van der Waals surface area contributed by atoms with E-state index >= 15 is 0 Å². The Hall–Kier alpha value is -8.26. The number of guanidine groups is 1. The van der Waals surface area contributed by atoms with Crippen molar-refractivity contribution in [1.29, 1.82) is 5.41 Å². The Morgan fingerprint density at radius 1 is 0.624 bits per heavy atom. The van der Waals surface area contributed by atoms with Crippen molar-refractivity contribution in [2.75, 3.05) is 32.8 Å². The van der Waals surface area contributed by atoms with Crippen LogP contribution in [0.4, 0.5) is 0 Å². The summed E-state index contributed by atoms with van der Waals surface area (Å²) in [6, 6.07) is -13.6. The highest BCUT2D eigenvalue weighted by atomic mass is 16.4. The maximum absolute atomic E-state index is 14.7. The number of aromatic nitrogens is 4. The van der Waals surface area contributed by atoms with Crippen molar-refractivity contribution in [3.05, 3.63) is 36.4 Å². The van der Waals surface area contributed by atoms with Gasteiger partial charge in [0.15, 0.2) is 5.96 Å². The number of nitrogens with two attached hydrogens (primary N) is 3. The van der Waals surface area contributed by atoms with E-state index in [-0.39, 0.29) is 81.5 Å². The summed E-state index contributed by atoms with van der Waals surface area (Å²) in [6.07, 6.45) is 7.03. The number of aromatic amines is 2. The third-order valence-corrected chi connectivity index (χ3v) is 14.3. The minimum atomic E-state index is -1.82. The second-order valence-electron chi connectivity index (χ2n) is 22.1. The molecule has 4 heterocycles. The molecule has 0 aliphatic carbocycles. The lowest BCUT2D eigenvalue weighted by Crippen LogP contribution is -2.61. The fraction of sp³-hybridized carbons (Fsp3) is 0.660. The third kappa shape index (κ3) is 22.4. The number of hydrogen-bond acceptors (Lipinski definition) is 17. The molecule has 9 amide bonds. The molecule has 2 aromatic heterocycles. The Morgan fingerprint density at radius 3 is 1.61 bits per heavy atom. The summed E-state index contributed by atoms with van der Waals surface area (Å²) in [5.41, 5.74) is 18.0. The lowest BCUT2D eigenvalue weighted by Gasteiger charge is -2.31. The first kappa shape index (κ1) is 69.2. The monoisotopic (exact) mass is 1200 g/mol. The number of aliphatic carboxylic acids is 2. The fourth-order valence-electron chi connectivity index (χ4n) is 9.95. The van der Waals surface area contributed by atoms with E-state index in [1.807, 2.05) is 0 Å². The van der Waals surface area contributed by atoms with Crippen LogP contribution in [0.5, 0.6) is 0 Å². The highest BCUT2D eigenvalue weighted by molar-refractivity contribution is 5.99. The number of hydrogen-bond donors (Lipinski definition) is 17. The number of carbonyl (C=O) groups is 11. The van der Waals surface area contributed by atoms with Crippen LogP contribution in [0, 0.1) is 17.2 Å². The SMILES string of the molecule is CC(C)C[C@H](NC(=O)[C@H](CC(=O)O)NC(=O)[C@H](Cc1c[nH]cn1)NC(=O)[C@H](CO)NC(=O)[C@H](CC(C)C)NC(=O)[C@@H]1CCCN1C(=O)[C@H](Cc1c[nH]cn1)NC(=O)[C@H](CCCCN)NC(=O)[C@@H]1CCCN1C(=O)[C@@H](N)CCCNC(=N)N)C(=O)O. The van der Waals surface area contributed by atoms with Crippen LogP contribution in [0.3, 0.4) is 0 Å². The number of likely N-dealkylation sites (tertiary alicyclic amines) is 2. The summed E-state index contributed by atoms with van der Waals surface area (Å²) in [7, 11) is 0. The number of nitrogens with one attached hydrogen (secondary N) is 11. The maximum Gasteiger partial charge on any atom is 0.326 e. The molecule has 0 radical (unpaired) electrons. The zero-order valence-electron chi connectivity index (χ0n) is 48.5. The maximum atomic E-state index is 14.7. The summed E-state index contributed by atoms with van der Waals surface area (Å²) < 4.78 is 0. The lowest BCUT2D eigenvalue weighted by atomic mass is 10.0. The Kier molecular flexibility index (Phi) is 28.1. The molecular weight excluding hydrogens is 1110 g/mol. The van der Waals surface area contributed by atoms with Crippen molar-refractivity contribution in [3.8, 4) is 0 Å². The van der Waals surface area contributed by atoms with Crippen LogP contribution in [0.1, 0.15) is 116 Å². The van der Waals surface area contributed by atoms with E-state index in [0.29, 0.717) is 57.3 Å². The van der Waals surface area contributed by atoms with Crippen LogP contribution < -0.4 is 59.7 Å². The number of aliphatic hydroxyl groups is 1. The zero-order chi connectivity index (χ0) is 62.9. The number of imidazole rings is 2. The molecule has 0 bridgehead atoms. The van der Waals surface area contributed by atoms with Gasteiger partial charge in [0, 0.05) is 44.9 Å². The van der Waals surface area contributed by atoms with Crippen molar-refractivity contribution in [3.63, 3.8) is 0 Å². The highest BCUT2D eigenvalue weighted by Crippen LogP contribution is 2.23. The van der Waals surface area contributed by atoms with Crippen molar-refractivity contribution in [1.82, 2.24) is 72.3 Å². The Labute approximate surface area is 491 Å². The number of carbonyl (C=O) groups excluding carboxylic acids is 9. The standard InChI is InChI=1S/C53H86N18O14/c1-28(2)18-34(44(76)69-39(25-72)47(79)64-35(20-30-23-58-26-61-30)45(77)65-36(22-42(73)74)46(78)68-38(52(84)85)19-29(3)4)66-49(81)41-13-9-17-71(41)51(83)37(21-31-24-59-27-62-31)67-43(75)33(11-5-6-14-54)63-48(80)40-12-8-16-70(40)50(82)32(55)10-7-15-60-53(56)57/h23-24,26-29,32-41,72H,5-22,25,54-55H2,1-4H3,(H,58,61)(H,59,62)(H,63,80)(H,64,79)(H,65,77)(H,66,81)(H,67,75)(H,68,78)(H,69,76)(H,73,74)(H,84,85)(H4,56,57,60)/t32-,33-,34-,35-,36-,37-,38-,39-,40-,41-/m0/s1. The average molecular weight is 1200 g/mol. The molecule has 85 heavy (non-hydrogen) atoms. The fourth-order valence-corrected chi connectivity index (χ4v) is 9.95. The molecule has 0 spiro atoms. The summed E-state index contributed by atoms with van der Waals surface area (Å²) >= 11 is 0. The van der Waals surface area contributed by atoms with Gasteiger partial charge in [0.2, 0.25) is 53.2 Å². The van der Waals surface area contributed by atoms with Gasteiger partial charge < -0.3 is 94.8 Å². The molecule has 32 nitrogen and oxygen atoms in total. The quantitative estimate of drug-likeness (QED) is 0.0174. The molecule has 10 atom stereocenters. The van der Waals surface area contributed by atoms with Gasteiger partial charge in [-0.25, -0.2) is 14.8 Å². The number of amides is 9. The second kappa shape index (κ2) is 34.5. The highest BCUT2D eigenvalue weighted by Gasteiger charge is 2.42. The summed E-state index contributed by atoms with van der Waals surface area (Å²) in [5.74, 6) is -11.1. The number of carboxylic acids is 2. The van der Waals surface area contributed by atoms with Gasteiger partial charge in [-0.15, -0.1) is 0 Å². The summed E-state index contributed by atoms with van der Waals surface area (Å²) in [6.45, 7) is 6.82. The first-order valence-corrected chi connectivity index (χ1v) is 28.6. The Balaban J connectivity index is 1.50. The van der Waals surface area contributed by atoms with E-state index in [1.165, 1.54) is 34.8 Å². The molecule has 32 heteroatoms. The predicted octanol–water partition coefficient (Wildman–Crippen LogP) is -4.34. The minimum absolute atomic E-state index is 0.0102. The van der Waals surface area contributed by atoms with Gasteiger partial charge in [-0.3, -0.25) is 53.4 Å². The number of carboxylic acid groups (broad SMARTS) is 2. The van der Waals surface area contributed by atoms with Crippen LogP contribution in [-0.2, 0) is 65.6 Å². The molecule has 0 unspecified atom stereocenters. The summed E-state index contributed by atoms with van der Waals surface area (Å²) in [4.78, 5) is 166. The van der Waals surface area contributed by atoms with Gasteiger partial charge in [0.25, 0.3) is 0 Å². The number of aliphatic hydroxyl groups excluding tert-OH is 1. The first-order valence-electron chi connectivity index (χ1n) is 28.6. The van der Waals surface area contributed by atoms with Gasteiger partial charge >= 0.3 is 11.9 Å². The van der Waals surface area contributed by atoms with Gasteiger partial charge in [-0.2, -0.15) is 0 Å². The van der Waals surface area contributed by atoms with Crippen LogP contribution in [0.2, 0.25) is 0 Å². The molecular formula is C53H86N18O14. The van der Waals surface area contributed by atoms with Crippen LogP contribution in [0.15, 0.2) is 25.0 Å². The van der Waals surface area contributed by atoms with Crippen molar-refractivity contribution in [2.24, 2.45) is 29.0 Å². The third-order valence-electron chi connectivity index (χ3n) is 14.3. The van der Waals surface area contributed by atoms with Crippen molar-refractivity contribution in [2.45, 2.75) is 178 Å². The second-order valence-corrected chi connectivity index (χ2v) is 22.1. The molecule has 20 N–H and O–H groups in total. The van der Waals surface area contributed by atoms with Crippen molar-refractivity contribution >= 4 is 71.1 Å². The smallest absolute Gasteiger partial charge is 0.326 e. The molecule has 0 saturated carbocycles. The topological polar surface area (TPSA) is 510 Å². The van der Waals surface area contributed by atoms with E-state index in [4.69, 9.17) is 22.6 Å². The van der Waals surface area contributed by atoms with E-state index in [2.05, 4.69) is 62.5 Å². The van der Waals surface area contributed by atoms with E-state index in [9.17, 15) is 68.1 Å². The van der Waals surface area contributed by atoms with Gasteiger partial charge in [0.1, 0.15) is 54.4 Å². The predicted molar refractivity (Wildman–Crippen MR) is 303 cm³/mol. The number of unbranched alkanes of at least 4 members (excludes halogenated alkanes) is 1. The minimum Gasteiger partial charge on any atom is -0.481 e. The normalized spacial score (nSPS) is 17.7. The van der Waals surface area contributed by atoms with Crippen LogP contribution in [0.25, 0.3) is 0 Å². The van der Waals surface area contributed by atoms with Crippen molar-refractivity contribution < 1.29 is 68.1 Å². The largest absolute Gasteiger partial charge is 0.481 e. The molecule has 0 aromatic carbocycles. The molecule has 472 valence electrons. The lowest BCUT2D eigenvalue weighted by molar-refractivity contribution is -0.144. The molecule has 2 aromatic rings.